The summed E-state index contributed by atoms with van der Waals surface area (Å²) in [7, 11) is 2.20. The van der Waals surface area contributed by atoms with Crippen LogP contribution in [0.5, 0.6) is 0 Å². The molecule has 6 nitrogen and oxygen atoms in total. The maximum Gasteiger partial charge on any atom is 0.0761 e. The monoisotopic (exact) mass is 458 g/mol. The minimum atomic E-state index is 0.933. The number of fused-ring (bicyclic) bond motifs is 1. The van der Waals surface area contributed by atoms with Crippen molar-refractivity contribution in [3.63, 3.8) is 0 Å². The highest BCUT2D eigenvalue weighted by Crippen LogP contribution is 2.29. The Morgan fingerprint density at radius 3 is 2.50 bits per heavy atom. The van der Waals surface area contributed by atoms with Crippen molar-refractivity contribution in [3.05, 3.63) is 60.9 Å². The van der Waals surface area contributed by atoms with E-state index in [0.29, 0.717) is 0 Å². The summed E-state index contributed by atoms with van der Waals surface area (Å²) >= 11 is 0. The van der Waals surface area contributed by atoms with Gasteiger partial charge in [-0.1, -0.05) is 30.8 Å². The third-order valence-corrected chi connectivity index (χ3v) is 6.83. The van der Waals surface area contributed by atoms with Crippen molar-refractivity contribution >= 4 is 22.3 Å². The van der Waals surface area contributed by atoms with Crippen molar-refractivity contribution in [1.29, 1.82) is 0 Å². The molecule has 3 heterocycles. The fourth-order valence-corrected chi connectivity index (χ4v) is 4.58. The van der Waals surface area contributed by atoms with Gasteiger partial charge in [-0.2, -0.15) is 0 Å². The van der Waals surface area contributed by atoms with E-state index in [0.717, 1.165) is 71.7 Å². The minimum absolute atomic E-state index is 0.933. The molecule has 1 N–H and O–H groups in total. The molecular formula is C28H38N6. The van der Waals surface area contributed by atoms with Crippen molar-refractivity contribution in [2.75, 3.05) is 64.7 Å². The molecule has 0 saturated carbocycles. The fourth-order valence-electron chi connectivity index (χ4n) is 4.58. The number of nitrogens with zero attached hydrogens (tertiary/aromatic N) is 5. The molecule has 0 bridgehead atoms. The first-order chi connectivity index (χ1) is 16.6. The zero-order chi connectivity index (χ0) is 23.9. The van der Waals surface area contributed by atoms with Crippen LogP contribution in [-0.4, -0.2) is 84.1 Å². The summed E-state index contributed by atoms with van der Waals surface area (Å²) in [5.74, 6) is 0. The number of aromatic nitrogens is 2. The smallest absolute Gasteiger partial charge is 0.0761 e. The summed E-state index contributed by atoms with van der Waals surface area (Å²) in [5, 5.41) is 4.74. The summed E-state index contributed by atoms with van der Waals surface area (Å²) in [6.45, 7) is 17.3. The molecule has 0 atom stereocenters. The molecule has 1 fully saturated rings. The van der Waals surface area contributed by atoms with E-state index >= 15 is 0 Å². The van der Waals surface area contributed by atoms with E-state index in [4.69, 9.17) is 4.98 Å². The highest BCUT2D eigenvalue weighted by Gasteiger charge is 2.13. The maximum absolute atomic E-state index is 4.93. The number of piperazine rings is 1. The molecule has 1 saturated heterocycles. The van der Waals surface area contributed by atoms with E-state index in [1.54, 1.807) is 0 Å². The van der Waals surface area contributed by atoms with E-state index in [-0.39, 0.29) is 0 Å². The standard InChI is InChI=1S/C28H38N6/c1-5-34(6-2)22(3)23-8-10-24(11-9-23)27-20-28(25-21-29-14-12-26(25)31-27)30-13-7-15-33-18-16-32(4)17-19-33/h8-12,14,20-21H,3,5-7,13,15-19H2,1-2,4H3,(H,30,31). The molecule has 34 heavy (non-hydrogen) atoms. The third-order valence-electron chi connectivity index (χ3n) is 6.83. The second-order valence-electron chi connectivity index (χ2n) is 9.07. The molecule has 180 valence electrons. The molecule has 6 heteroatoms. The van der Waals surface area contributed by atoms with Crippen molar-refractivity contribution < 1.29 is 0 Å². The highest BCUT2D eigenvalue weighted by molar-refractivity contribution is 5.93. The first-order valence-electron chi connectivity index (χ1n) is 12.5. The van der Waals surface area contributed by atoms with Gasteiger partial charge < -0.3 is 20.0 Å². The van der Waals surface area contributed by atoms with Crippen LogP contribution in [0.1, 0.15) is 25.8 Å². The molecule has 0 radical (unpaired) electrons. The van der Waals surface area contributed by atoms with Gasteiger partial charge in [0.25, 0.3) is 0 Å². The predicted octanol–water partition coefficient (Wildman–Crippen LogP) is 4.66. The Kier molecular flexibility index (Phi) is 8.14. The van der Waals surface area contributed by atoms with E-state index in [1.165, 1.54) is 26.2 Å². The number of hydrogen-bond acceptors (Lipinski definition) is 6. The fraction of sp³-hybridized carbons (Fsp3) is 0.429. The Hall–Kier alpha value is -2.96. The normalized spacial score (nSPS) is 14.9. The molecule has 1 aromatic carbocycles. The van der Waals surface area contributed by atoms with Crippen LogP contribution in [0.2, 0.25) is 0 Å². The van der Waals surface area contributed by atoms with Crippen molar-refractivity contribution in [2.24, 2.45) is 0 Å². The van der Waals surface area contributed by atoms with Gasteiger partial charge in [0.15, 0.2) is 0 Å². The third kappa shape index (κ3) is 5.75. The van der Waals surface area contributed by atoms with Gasteiger partial charge in [0, 0.05) is 80.5 Å². The Balaban J connectivity index is 1.48. The van der Waals surface area contributed by atoms with Crippen molar-refractivity contribution in [1.82, 2.24) is 24.7 Å². The predicted molar refractivity (Wildman–Crippen MR) is 144 cm³/mol. The van der Waals surface area contributed by atoms with Gasteiger partial charge in [0.2, 0.25) is 0 Å². The molecule has 0 aliphatic carbocycles. The molecule has 1 aliphatic rings. The highest BCUT2D eigenvalue weighted by atomic mass is 15.2. The summed E-state index contributed by atoms with van der Waals surface area (Å²) in [6, 6.07) is 12.8. The number of anilines is 1. The Bertz CT molecular complexity index is 1080. The number of hydrogen-bond donors (Lipinski definition) is 1. The quantitative estimate of drug-likeness (QED) is 0.446. The molecule has 3 aromatic rings. The van der Waals surface area contributed by atoms with Gasteiger partial charge in [0.1, 0.15) is 0 Å². The van der Waals surface area contributed by atoms with Crippen LogP contribution in [0.3, 0.4) is 0 Å². The number of rotatable bonds is 10. The van der Waals surface area contributed by atoms with Crippen LogP contribution >= 0.6 is 0 Å². The zero-order valence-electron chi connectivity index (χ0n) is 20.9. The number of pyridine rings is 2. The lowest BCUT2D eigenvalue weighted by atomic mass is 10.0. The molecule has 0 unspecified atom stereocenters. The molecule has 4 rings (SSSR count). The summed E-state index contributed by atoms with van der Waals surface area (Å²) in [5.41, 5.74) is 6.36. The van der Waals surface area contributed by atoms with Gasteiger partial charge in [0.05, 0.1) is 11.2 Å². The van der Waals surface area contributed by atoms with Crippen LogP contribution in [0.25, 0.3) is 27.9 Å². The summed E-state index contributed by atoms with van der Waals surface area (Å²) in [4.78, 5) is 16.5. The van der Waals surface area contributed by atoms with Gasteiger partial charge in [-0.15, -0.1) is 0 Å². The molecule has 0 spiro atoms. The number of benzene rings is 1. The number of likely N-dealkylation sites (N-methyl/N-ethyl adjacent to an activating group) is 1. The lowest BCUT2D eigenvalue weighted by Crippen LogP contribution is -2.44. The lowest BCUT2D eigenvalue weighted by Gasteiger charge is -2.32. The Morgan fingerprint density at radius 2 is 1.79 bits per heavy atom. The number of nitrogens with one attached hydrogen (secondary N) is 1. The maximum atomic E-state index is 4.93. The first-order valence-corrected chi connectivity index (χ1v) is 12.5. The molecule has 2 aromatic heterocycles. The largest absolute Gasteiger partial charge is 0.384 e. The minimum Gasteiger partial charge on any atom is -0.384 e. The van der Waals surface area contributed by atoms with E-state index in [9.17, 15) is 0 Å². The van der Waals surface area contributed by atoms with Crippen LogP contribution in [-0.2, 0) is 0 Å². The van der Waals surface area contributed by atoms with Crippen LogP contribution in [0.15, 0.2) is 55.4 Å². The second kappa shape index (κ2) is 11.4. The van der Waals surface area contributed by atoms with E-state index < -0.39 is 0 Å². The average molecular weight is 459 g/mol. The summed E-state index contributed by atoms with van der Waals surface area (Å²) in [6.07, 6.45) is 4.84. The molecular weight excluding hydrogens is 420 g/mol. The summed E-state index contributed by atoms with van der Waals surface area (Å²) < 4.78 is 0. The SMILES string of the molecule is C=C(c1ccc(-c2cc(NCCCN3CCN(C)CC3)c3cnccc3n2)cc1)N(CC)CC. The van der Waals surface area contributed by atoms with Crippen LogP contribution in [0, 0.1) is 0 Å². The molecule has 0 amide bonds. The topological polar surface area (TPSA) is 47.5 Å². The zero-order valence-corrected chi connectivity index (χ0v) is 20.9. The van der Waals surface area contributed by atoms with Gasteiger partial charge >= 0.3 is 0 Å². The Labute approximate surface area is 204 Å². The van der Waals surface area contributed by atoms with Crippen LogP contribution < -0.4 is 5.32 Å². The van der Waals surface area contributed by atoms with Gasteiger partial charge in [-0.3, -0.25) is 4.98 Å². The van der Waals surface area contributed by atoms with E-state index in [1.807, 2.05) is 18.5 Å². The van der Waals surface area contributed by atoms with Gasteiger partial charge in [-0.05, 0) is 51.6 Å². The van der Waals surface area contributed by atoms with Crippen molar-refractivity contribution in [3.8, 4) is 11.3 Å². The van der Waals surface area contributed by atoms with Gasteiger partial charge in [-0.25, -0.2) is 4.98 Å². The average Bonchev–Trinajstić information content (AvgIpc) is 2.88. The molecule has 1 aliphatic heterocycles. The Morgan fingerprint density at radius 1 is 1.06 bits per heavy atom. The van der Waals surface area contributed by atoms with E-state index in [2.05, 4.69) is 82.8 Å². The first kappa shape index (κ1) is 24.2. The lowest BCUT2D eigenvalue weighted by molar-refractivity contribution is 0.154. The van der Waals surface area contributed by atoms with Crippen LogP contribution in [0.4, 0.5) is 5.69 Å². The second-order valence-corrected chi connectivity index (χ2v) is 9.07. The van der Waals surface area contributed by atoms with Crippen molar-refractivity contribution in [2.45, 2.75) is 20.3 Å².